The van der Waals surface area contributed by atoms with E-state index in [1.807, 2.05) is 25.2 Å². The number of likely N-dealkylation sites (tertiary alicyclic amines) is 1. The molecule has 0 atom stereocenters. The normalized spacial score (nSPS) is 15.9. The summed E-state index contributed by atoms with van der Waals surface area (Å²) in [6.45, 7) is 4.42. The number of nitrogens with one attached hydrogen (secondary N) is 1. The molecule has 3 heterocycles. The zero-order valence-electron chi connectivity index (χ0n) is 14.6. The zero-order valence-corrected chi connectivity index (χ0v) is 14.6. The van der Waals surface area contributed by atoms with Gasteiger partial charge in [0, 0.05) is 26.3 Å². The van der Waals surface area contributed by atoms with Crippen LogP contribution in [-0.4, -0.2) is 52.3 Å². The molecule has 2 aromatic heterocycles. The van der Waals surface area contributed by atoms with Crippen LogP contribution in [0.15, 0.2) is 16.8 Å². The molecule has 1 aliphatic heterocycles. The molecule has 1 amide bonds. The number of hydrogen-bond donors (Lipinski definition) is 1. The van der Waals surface area contributed by atoms with Gasteiger partial charge in [0.1, 0.15) is 5.76 Å². The van der Waals surface area contributed by atoms with Gasteiger partial charge in [0.25, 0.3) is 5.91 Å². The van der Waals surface area contributed by atoms with Gasteiger partial charge in [-0.1, -0.05) is 0 Å². The van der Waals surface area contributed by atoms with Gasteiger partial charge in [0.05, 0.1) is 11.8 Å². The topological polar surface area (TPSA) is 76.2 Å². The minimum Gasteiger partial charge on any atom is -0.440 e. The van der Waals surface area contributed by atoms with Crippen LogP contribution < -0.4 is 5.32 Å². The molecular weight excluding hydrogens is 306 g/mol. The highest BCUT2D eigenvalue weighted by Crippen LogP contribution is 2.25. The average molecular weight is 331 g/mol. The second-order valence-corrected chi connectivity index (χ2v) is 6.45. The van der Waals surface area contributed by atoms with Crippen LogP contribution in [0.2, 0.25) is 0 Å². The first-order chi connectivity index (χ1) is 11.6. The largest absolute Gasteiger partial charge is 0.440 e. The highest BCUT2D eigenvalue weighted by Gasteiger charge is 2.27. The van der Waals surface area contributed by atoms with E-state index in [0.717, 1.165) is 38.0 Å². The molecule has 1 fully saturated rings. The van der Waals surface area contributed by atoms with Crippen molar-refractivity contribution in [1.29, 1.82) is 0 Å². The molecule has 7 heteroatoms. The molecule has 0 aromatic carbocycles. The van der Waals surface area contributed by atoms with E-state index in [1.54, 1.807) is 17.8 Å². The lowest BCUT2D eigenvalue weighted by molar-refractivity contribution is 0.0680. The van der Waals surface area contributed by atoms with Crippen molar-refractivity contribution in [2.45, 2.75) is 26.2 Å². The molecule has 0 unspecified atom stereocenters. The number of amides is 1. The molecule has 3 rings (SSSR count). The number of hydrogen-bond acceptors (Lipinski definition) is 5. The van der Waals surface area contributed by atoms with Crippen molar-refractivity contribution in [3.05, 3.63) is 23.8 Å². The fourth-order valence-corrected chi connectivity index (χ4v) is 3.17. The molecule has 24 heavy (non-hydrogen) atoms. The molecule has 2 aromatic rings. The van der Waals surface area contributed by atoms with E-state index < -0.39 is 0 Å². The second kappa shape index (κ2) is 7.17. The average Bonchev–Trinajstić information content (AvgIpc) is 3.18. The lowest BCUT2D eigenvalue weighted by Crippen LogP contribution is -2.39. The van der Waals surface area contributed by atoms with Gasteiger partial charge in [0.15, 0.2) is 5.69 Å². The quantitative estimate of drug-likeness (QED) is 0.905. The second-order valence-electron chi connectivity index (χ2n) is 6.45. The molecule has 0 bridgehead atoms. The molecule has 1 N–H and O–H groups in total. The number of carbonyl (C=O) groups excluding carboxylic acids is 1. The van der Waals surface area contributed by atoms with E-state index in [9.17, 15) is 4.79 Å². The van der Waals surface area contributed by atoms with Gasteiger partial charge in [-0.15, -0.1) is 0 Å². The van der Waals surface area contributed by atoms with Crippen molar-refractivity contribution in [3.8, 4) is 11.5 Å². The number of nitrogens with zero attached hydrogens (tertiary/aromatic N) is 4. The number of piperidine rings is 1. The summed E-state index contributed by atoms with van der Waals surface area (Å²) < 4.78 is 7.37. The van der Waals surface area contributed by atoms with E-state index in [1.165, 1.54) is 6.42 Å². The number of carbonyl (C=O) groups is 1. The number of oxazole rings is 1. The molecule has 1 aliphatic rings. The van der Waals surface area contributed by atoms with Crippen LogP contribution in [0.1, 0.15) is 35.5 Å². The van der Waals surface area contributed by atoms with Crippen LogP contribution in [0, 0.1) is 12.8 Å². The summed E-state index contributed by atoms with van der Waals surface area (Å²) in [5, 5.41) is 7.31. The Morgan fingerprint density at radius 3 is 2.79 bits per heavy atom. The molecule has 0 aliphatic carbocycles. The van der Waals surface area contributed by atoms with Crippen LogP contribution in [0.3, 0.4) is 0 Å². The van der Waals surface area contributed by atoms with Crippen molar-refractivity contribution in [2.75, 3.05) is 26.7 Å². The molecule has 130 valence electrons. The van der Waals surface area contributed by atoms with Crippen LogP contribution in [0.5, 0.6) is 0 Å². The molecule has 7 nitrogen and oxygen atoms in total. The summed E-state index contributed by atoms with van der Waals surface area (Å²) in [6, 6.07) is 0. The van der Waals surface area contributed by atoms with Crippen molar-refractivity contribution < 1.29 is 9.21 Å². The first kappa shape index (κ1) is 16.7. The molecule has 0 saturated carbocycles. The van der Waals surface area contributed by atoms with Crippen LogP contribution >= 0.6 is 0 Å². The summed E-state index contributed by atoms with van der Waals surface area (Å²) in [6.07, 6.45) is 6.80. The monoisotopic (exact) mass is 331 g/mol. The fraction of sp³-hybridized carbons (Fsp3) is 0.588. The van der Waals surface area contributed by atoms with E-state index in [2.05, 4.69) is 15.4 Å². The summed E-state index contributed by atoms with van der Waals surface area (Å²) >= 11 is 0. The van der Waals surface area contributed by atoms with Crippen molar-refractivity contribution in [1.82, 2.24) is 25.0 Å². The van der Waals surface area contributed by atoms with Gasteiger partial charge in [0.2, 0.25) is 5.89 Å². The highest BCUT2D eigenvalue weighted by molar-refractivity contribution is 5.93. The highest BCUT2D eigenvalue weighted by atomic mass is 16.4. The third-order valence-electron chi connectivity index (χ3n) is 4.66. The van der Waals surface area contributed by atoms with Gasteiger partial charge in [-0.05, 0) is 45.7 Å². The van der Waals surface area contributed by atoms with Crippen molar-refractivity contribution >= 4 is 5.91 Å². The van der Waals surface area contributed by atoms with E-state index in [0.29, 0.717) is 23.3 Å². The predicted octanol–water partition coefficient (Wildman–Crippen LogP) is 1.85. The zero-order chi connectivity index (χ0) is 17.1. The van der Waals surface area contributed by atoms with Crippen LogP contribution in [0.25, 0.3) is 11.5 Å². The lowest BCUT2D eigenvalue weighted by Gasteiger charge is -2.31. The minimum absolute atomic E-state index is 0.0292. The SMILES string of the molecule is CNCCC1CCN(C(=O)c2nc(-c3cnn(C)c3)oc2C)CC1. The van der Waals surface area contributed by atoms with E-state index >= 15 is 0 Å². The molecular formula is C17H25N5O2. The Morgan fingerprint density at radius 2 is 2.17 bits per heavy atom. The first-order valence-electron chi connectivity index (χ1n) is 8.48. The predicted molar refractivity (Wildman–Crippen MR) is 90.6 cm³/mol. The Bertz CT molecular complexity index is 698. The van der Waals surface area contributed by atoms with E-state index in [-0.39, 0.29) is 5.91 Å². The first-order valence-corrected chi connectivity index (χ1v) is 8.48. The van der Waals surface area contributed by atoms with Gasteiger partial charge in [-0.2, -0.15) is 5.10 Å². The smallest absolute Gasteiger partial charge is 0.276 e. The standard InChI is InChI=1S/C17H25N5O2/c1-12-15(20-16(24-12)14-10-19-21(3)11-14)17(23)22-8-5-13(6-9-22)4-7-18-2/h10-11,13,18H,4-9H2,1-3H3. The van der Waals surface area contributed by atoms with Gasteiger partial charge in [-0.3, -0.25) is 9.48 Å². The number of aromatic nitrogens is 3. The van der Waals surface area contributed by atoms with Gasteiger partial charge < -0.3 is 14.6 Å². The third kappa shape index (κ3) is 3.51. The van der Waals surface area contributed by atoms with Gasteiger partial charge >= 0.3 is 0 Å². The summed E-state index contributed by atoms with van der Waals surface area (Å²) in [4.78, 5) is 19.1. The Hall–Kier alpha value is -2.15. The Morgan fingerprint density at radius 1 is 1.42 bits per heavy atom. The fourth-order valence-electron chi connectivity index (χ4n) is 3.17. The Balaban J connectivity index is 1.67. The van der Waals surface area contributed by atoms with Gasteiger partial charge in [-0.25, -0.2) is 4.98 Å². The maximum absolute atomic E-state index is 12.8. The molecule has 0 spiro atoms. The molecule has 1 saturated heterocycles. The minimum atomic E-state index is -0.0292. The van der Waals surface area contributed by atoms with Crippen molar-refractivity contribution in [3.63, 3.8) is 0 Å². The maximum atomic E-state index is 12.8. The summed E-state index contributed by atoms with van der Waals surface area (Å²) in [7, 11) is 3.81. The lowest BCUT2D eigenvalue weighted by atomic mass is 9.93. The third-order valence-corrected chi connectivity index (χ3v) is 4.66. The number of rotatable bonds is 5. The number of aryl methyl sites for hydroxylation is 2. The summed E-state index contributed by atoms with van der Waals surface area (Å²) in [5.74, 6) is 1.69. The van der Waals surface area contributed by atoms with Crippen molar-refractivity contribution in [2.24, 2.45) is 13.0 Å². The Kier molecular flexibility index (Phi) is 4.99. The van der Waals surface area contributed by atoms with Crippen LogP contribution in [0.4, 0.5) is 0 Å². The maximum Gasteiger partial charge on any atom is 0.276 e. The molecule has 0 radical (unpaired) electrons. The Labute approximate surface area is 142 Å². The van der Waals surface area contributed by atoms with Crippen LogP contribution in [-0.2, 0) is 7.05 Å². The van der Waals surface area contributed by atoms with E-state index in [4.69, 9.17) is 4.42 Å². The summed E-state index contributed by atoms with van der Waals surface area (Å²) in [5.41, 5.74) is 1.20.